The van der Waals surface area contributed by atoms with Crippen molar-refractivity contribution in [2.75, 3.05) is 6.54 Å². The first-order valence-electron chi connectivity index (χ1n) is 7.93. The Bertz CT molecular complexity index is 662. The molecule has 5 nitrogen and oxygen atoms in total. The lowest BCUT2D eigenvalue weighted by Gasteiger charge is -2.24. The van der Waals surface area contributed by atoms with Gasteiger partial charge in [0, 0.05) is 6.54 Å². The Balaban J connectivity index is 1.87. The minimum atomic E-state index is -0.906. The van der Waals surface area contributed by atoms with E-state index in [2.05, 4.69) is 5.32 Å². The molecule has 0 aliphatic carbocycles. The fourth-order valence-electron chi connectivity index (χ4n) is 2.09. The maximum atomic E-state index is 12.8. The van der Waals surface area contributed by atoms with E-state index in [-0.39, 0.29) is 30.6 Å². The van der Waals surface area contributed by atoms with Gasteiger partial charge in [-0.15, -0.1) is 0 Å². The Hall–Kier alpha value is -2.34. The summed E-state index contributed by atoms with van der Waals surface area (Å²) in [5, 5.41) is 12.8. The molecule has 0 fully saturated rings. The van der Waals surface area contributed by atoms with Crippen molar-refractivity contribution in [2.24, 2.45) is 0 Å². The molecule has 2 rings (SSSR count). The van der Waals surface area contributed by atoms with Crippen LogP contribution in [0.2, 0.25) is 0 Å². The number of nitrogens with one attached hydrogen (secondary N) is 1. The number of aliphatic hydroxyl groups is 1. The van der Waals surface area contributed by atoms with Crippen LogP contribution in [0.15, 0.2) is 40.8 Å². The monoisotopic (exact) mass is 335 g/mol. The molecule has 0 aliphatic heterocycles. The Morgan fingerprint density at radius 1 is 1.21 bits per heavy atom. The van der Waals surface area contributed by atoms with Gasteiger partial charge in [-0.25, -0.2) is 4.39 Å². The van der Waals surface area contributed by atoms with Gasteiger partial charge in [-0.1, -0.05) is 13.8 Å². The van der Waals surface area contributed by atoms with Crippen LogP contribution in [0.5, 0.6) is 5.75 Å². The number of carbonyl (C=O) groups excluding carboxylic acids is 1. The summed E-state index contributed by atoms with van der Waals surface area (Å²) in [5.41, 5.74) is -0.906. The second-order valence-electron chi connectivity index (χ2n) is 5.62. The van der Waals surface area contributed by atoms with Crippen LogP contribution in [-0.2, 0) is 6.61 Å². The van der Waals surface area contributed by atoms with Crippen LogP contribution in [0.4, 0.5) is 4.39 Å². The van der Waals surface area contributed by atoms with E-state index >= 15 is 0 Å². The van der Waals surface area contributed by atoms with Crippen molar-refractivity contribution < 1.29 is 23.4 Å². The zero-order chi connectivity index (χ0) is 17.6. The third-order valence-electron chi connectivity index (χ3n) is 3.97. The van der Waals surface area contributed by atoms with Gasteiger partial charge < -0.3 is 19.6 Å². The predicted octanol–water partition coefficient (Wildman–Crippen LogP) is 3.28. The van der Waals surface area contributed by atoms with Crippen molar-refractivity contribution in [1.29, 1.82) is 0 Å². The van der Waals surface area contributed by atoms with Crippen LogP contribution in [0.25, 0.3) is 0 Å². The minimum Gasteiger partial charge on any atom is -0.486 e. The summed E-state index contributed by atoms with van der Waals surface area (Å²) in [6, 6.07) is 8.84. The first-order chi connectivity index (χ1) is 11.5. The molecule has 0 saturated carbocycles. The number of rotatable bonds is 8. The van der Waals surface area contributed by atoms with Crippen LogP contribution in [0, 0.1) is 5.82 Å². The van der Waals surface area contributed by atoms with Crippen LogP contribution < -0.4 is 10.1 Å². The van der Waals surface area contributed by atoms with E-state index < -0.39 is 5.60 Å². The summed E-state index contributed by atoms with van der Waals surface area (Å²) in [7, 11) is 0. The van der Waals surface area contributed by atoms with E-state index in [1.54, 1.807) is 12.1 Å². The number of benzene rings is 1. The Kier molecular flexibility index (Phi) is 5.98. The van der Waals surface area contributed by atoms with Gasteiger partial charge in [-0.05, 0) is 49.2 Å². The van der Waals surface area contributed by atoms with Crippen LogP contribution >= 0.6 is 0 Å². The molecule has 2 aromatic rings. The fourth-order valence-corrected chi connectivity index (χ4v) is 2.09. The number of ether oxygens (including phenoxy) is 1. The van der Waals surface area contributed by atoms with Crippen LogP contribution in [0.1, 0.15) is 43.0 Å². The normalized spacial score (nSPS) is 11.3. The lowest BCUT2D eigenvalue weighted by molar-refractivity contribution is 0.0309. The standard InChI is InChI=1S/C18H22FNO4/c1-3-18(22,4-2)12-20-17(21)16-10-9-15(24-16)11-23-14-7-5-13(19)6-8-14/h5-10,22H,3-4,11-12H2,1-2H3,(H,20,21). The van der Waals surface area contributed by atoms with Crippen LogP contribution in [-0.4, -0.2) is 23.2 Å². The molecule has 1 heterocycles. The van der Waals surface area contributed by atoms with Gasteiger partial charge in [0.25, 0.3) is 5.91 Å². The molecule has 0 aliphatic rings. The number of hydrogen-bond donors (Lipinski definition) is 2. The molecule has 1 aromatic carbocycles. The zero-order valence-electron chi connectivity index (χ0n) is 13.8. The number of amides is 1. The first kappa shape index (κ1) is 18.0. The molecule has 24 heavy (non-hydrogen) atoms. The second kappa shape index (κ2) is 7.97. The molecular formula is C18H22FNO4. The maximum Gasteiger partial charge on any atom is 0.287 e. The van der Waals surface area contributed by atoms with E-state index in [0.29, 0.717) is 24.4 Å². The van der Waals surface area contributed by atoms with Crippen LogP contribution in [0.3, 0.4) is 0 Å². The highest BCUT2D eigenvalue weighted by Crippen LogP contribution is 2.16. The third kappa shape index (κ3) is 4.83. The van der Waals surface area contributed by atoms with Gasteiger partial charge >= 0.3 is 0 Å². The first-order valence-corrected chi connectivity index (χ1v) is 7.93. The lowest BCUT2D eigenvalue weighted by atomic mass is 9.97. The van der Waals surface area contributed by atoms with Gasteiger partial charge in [0.2, 0.25) is 0 Å². The highest BCUT2D eigenvalue weighted by Gasteiger charge is 2.23. The van der Waals surface area contributed by atoms with Gasteiger partial charge in [0.05, 0.1) is 5.60 Å². The smallest absolute Gasteiger partial charge is 0.287 e. The number of halogens is 1. The molecule has 0 radical (unpaired) electrons. The summed E-state index contributed by atoms with van der Waals surface area (Å²) in [6.07, 6.45) is 1.11. The van der Waals surface area contributed by atoms with Crippen molar-refractivity contribution in [1.82, 2.24) is 5.32 Å². The summed E-state index contributed by atoms with van der Waals surface area (Å²) in [4.78, 5) is 12.0. The summed E-state index contributed by atoms with van der Waals surface area (Å²) < 4.78 is 23.7. The molecule has 130 valence electrons. The third-order valence-corrected chi connectivity index (χ3v) is 3.97. The molecule has 0 spiro atoms. The fraction of sp³-hybridized carbons (Fsp3) is 0.389. The molecule has 0 saturated heterocycles. The molecule has 0 atom stereocenters. The molecule has 0 bridgehead atoms. The topological polar surface area (TPSA) is 71.7 Å². The van der Waals surface area contributed by atoms with E-state index in [1.165, 1.54) is 24.3 Å². The number of furan rings is 1. The van der Waals surface area contributed by atoms with E-state index in [1.807, 2.05) is 13.8 Å². The summed E-state index contributed by atoms with van der Waals surface area (Å²) in [5.74, 6) is 0.421. The largest absolute Gasteiger partial charge is 0.486 e. The highest BCUT2D eigenvalue weighted by molar-refractivity contribution is 5.91. The van der Waals surface area contributed by atoms with E-state index in [4.69, 9.17) is 9.15 Å². The van der Waals surface area contributed by atoms with Gasteiger partial charge in [0.15, 0.2) is 5.76 Å². The van der Waals surface area contributed by atoms with Crippen molar-refractivity contribution in [3.05, 3.63) is 53.7 Å². The summed E-state index contributed by atoms with van der Waals surface area (Å²) >= 11 is 0. The van der Waals surface area contributed by atoms with Gasteiger partial charge in [0.1, 0.15) is 23.9 Å². The van der Waals surface area contributed by atoms with E-state index in [0.717, 1.165) is 0 Å². The summed E-state index contributed by atoms with van der Waals surface area (Å²) in [6.45, 7) is 4.04. The quantitative estimate of drug-likeness (QED) is 0.776. The molecule has 1 aromatic heterocycles. The average Bonchev–Trinajstić information content (AvgIpc) is 3.08. The molecule has 0 unspecified atom stereocenters. The average molecular weight is 335 g/mol. The molecule has 6 heteroatoms. The van der Waals surface area contributed by atoms with E-state index in [9.17, 15) is 14.3 Å². The van der Waals surface area contributed by atoms with Crippen molar-refractivity contribution in [3.63, 3.8) is 0 Å². The Labute approximate surface area is 140 Å². The number of hydrogen-bond acceptors (Lipinski definition) is 4. The van der Waals surface area contributed by atoms with Crippen molar-refractivity contribution in [3.8, 4) is 5.75 Å². The highest BCUT2D eigenvalue weighted by atomic mass is 19.1. The SMILES string of the molecule is CCC(O)(CC)CNC(=O)c1ccc(COc2ccc(F)cc2)o1. The maximum absolute atomic E-state index is 12.8. The van der Waals surface area contributed by atoms with Crippen molar-refractivity contribution in [2.45, 2.75) is 38.9 Å². The number of carbonyl (C=O) groups is 1. The second-order valence-corrected chi connectivity index (χ2v) is 5.62. The van der Waals surface area contributed by atoms with Gasteiger partial charge in [-0.2, -0.15) is 0 Å². The molecular weight excluding hydrogens is 313 g/mol. The minimum absolute atomic E-state index is 0.132. The van der Waals surface area contributed by atoms with Gasteiger partial charge in [-0.3, -0.25) is 4.79 Å². The molecule has 2 N–H and O–H groups in total. The Morgan fingerprint density at radius 3 is 2.50 bits per heavy atom. The van der Waals surface area contributed by atoms with Crippen molar-refractivity contribution >= 4 is 5.91 Å². The zero-order valence-corrected chi connectivity index (χ0v) is 13.8. The lowest BCUT2D eigenvalue weighted by Crippen LogP contribution is -2.41. The molecule has 1 amide bonds. The Morgan fingerprint density at radius 2 is 1.88 bits per heavy atom. The predicted molar refractivity (Wildman–Crippen MR) is 87.3 cm³/mol.